The lowest BCUT2D eigenvalue weighted by Crippen LogP contribution is -1.98. The van der Waals surface area contributed by atoms with Crippen LogP contribution in [0.1, 0.15) is 91.6 Å². The van der Waals surface area contributed by atoms with Gasteiger partial charge in [0, 0.05) is 14.5 Å². The molecule has 0 aliphatic heterocycles. The van der Waals surface area contributed by atoms with Gasteiger partial charge >= 0.3 is 7.60 Å². The lowest BCUT2D eigenvalue weighted by molar-refractivity contribution is 0.112. The molecule has 0 saturated carbocycles. The molecule has 4 rings (SSSR count). The Hall–Kier alpha value is -2.60. The predicted octanol–water partition coefficient (Wildman–Crippen LogP) is 13.0. The minimum atomic E-state index is -2.97. The van der Waals surface area contributed by atoms with E-state index in [0.717, 1.165) is 32.8 Å². The van der Waals surface area contributed by atoms with E-state index in [1.807, 2.05) is 62.4 Å². The molecule has 0 saturated heterocycles. The van der Waals surface area contributed by atoms with Crippen LogP contribution in [-0.4, -0.2) is 19.5 Å². The van der Waals surface area contributed by atoms with E-state index in [0.29, 0.717) is 19.4 Å². The number of benzene rings is 4. The summed E-state index contributed by atoms with van der Waals surface area (Å²) in [6.07, 6.45) is 12.8. The Morgan fingerprint density at radius 1 is 0.553 bits per heavy atom. The van der Waals surface area contributed by atoms with E-state index in [-0.39, 0.29) is 0 Å². The molecular weight excluding hydrogens is 735 g/mol. The number of hydrogen-bond acceptors (Lipinski definition) is 4. The largest absolute Gasteiger partial charge is 0.335 e. The second-order valence-electron chi connectivity index (χ2n) is 10.9. The third-order valence-electron chi connectivity index (χ3n) is 7.01. The van der Waals surface area contributed by atoms with Crippen molar-refractivity contribution < 1.29 is 18.4 Å². The third kappa shape index (κ3) is 17.4. The van der Waals surface area contributed by atoms with E-state index in [4.69, 9.17) is 9.05 Å². The predicted molar refractivity (Wildman–Crippen MR) is 207 cm³/mol. The second-order valence-corrected chi connectivity index (χ2v) is 14.8. The monoisotopic (exact) mass is 782 g/mol. The van der Waals surface area contributed by atoms with Gasteiger partial charge in [-0.15, -0.1) is 0 Å². The molecule has 4 nitrogen and oxygen atoms in total. The molecule has 252 valence electrons. The zero-order valence-electron chi connectivity index (χ0n) is 28.2. The van der Waals surface area contributed by atoms with Crippen molar-refractivity contribution in [1.29, 1.82) is 0 Å². The lowest BCUT2D eigenvalue weighted by atomic mass is 10.1. The van der Waals surface area contributed by atoms with Gasteiger partial charge in [0.1, 0.15) is 6.29 Å². The number of unbranched alkanes of at least 4 members (excludes halogenated alkanes) is 2. The normalized spacial score (nSPS) is 10.9. The molecule has 0 heterocycles. The minimum Gasteiger partial charge on any atom is -0.309 e. The number of carbonyl (C=O) groups excluding carboxylic acids is 1. The molecule has 0 aliphatic rings. The summed E-state index contributed by atoms with van der Waals surface area (Å²) in [7, 11) is -2.97. The zero-order chi connectivity index (χ0) is 34.3. The smallest absolute Gasteiger partial charge is 0.309 e. The standard InChI is InChI=1S/C18H19Br.C11H16BrO3P.C11H14O/c1-2-3-4-15-5-7-16(8-6-15)9-10-17-11-13-18(19)14-12-17;1-3-14-16(13,15-4-2)9-10-5-7-11(12)8-6-10;1-2-3-4-10-5-7-11(9-12)8-6-10/h5-14H,2-4H2,1H3;5-8H,3-4,9H2,1-2H3;5-9H,2-4H2,1H3/b10-9+;;. The molecule has 0 fully saturated rings. The Morgan fingerprint density at radius 2 is 0.915 bits per heavy atom. The first-order chi connectivity index (χ1) is 22.7. The summed E-state index contributed by atoms with van der Waals surface area (Å²) in [5, 5.41) is 0. The highest BCUT2D eigenvalue weighted by Gasteiger charge is 2.23. The molecule has 0 aromatic heterocycles. The first-order valence-corrected chi connectivity index (χ1v) is 19.7. The molecule has 0 spiro atoms. The second kappa shape index (κ2) is 23.7. The molecule has 0 radical (unpaired) electrons. The number of carbonyl (C=O) groups is 1. The summed E-state index contributed by atoms with van der Waals surface area (Å²) in [6, 6.07) is 32.6. The number of aryl methyl sites for hydroxylation is 2. The van der Waals surface area contributed by atoms with Gasteiger partial charge in [0.2, 0.25) is 0 Å². The summed E-state index contributed by atoms with van der Waals surface area (Å²) in [5.41, 5.74) is 6.94. The van der Waals surface area contributed by atoms with Gasteiger partial charge in [-0.3, -0.25) is 9.36 Å². The van der Waals surface area contributed by atoms with Gasteiger partial charge in [-0.05, 0) is 91.6 Å². The number of aldehydes is 1. The Labute approximate surface area is 299 Å². The van der Waals surface area contributed by atoms with Gasteiger partial charge < -0.3 is 9.05 Å². The van der Waals surface area contributed by atoms with Crippen LogP contribution >= 0.6 is 39.5 Å². The van der Waals surface area contributed by atoms with Crippen LogP contribution in [0.4, 0.5) is 0 Å². The Morgan fingerprint density at radius 3 is 1.30 bits per heavy atom. The molecule has 7 heteroatoms. The SMILES string of the molecule is CCCCc1ccc(/C=C/c2ccc(Br)cc2)cc1.CCCCc1ccc(C=O)cc1.CCOP(=O)(Cc1ccc(Br)cc1)OCC. The Bertz CT molecular complexity index is 1470. The maximum atomic E-state index is 12.2. The molecule has 4 aromatic rings. The Balaban J connectivity index is 0.000000252. The summed E-state index contributed by atoms with van der Waals surface area (Å²) < 4.78 is 24.8. The van der Waals surface area contributed by atoms with Crippen molar-refractivity contribution in [1.82, 2.24) is 0 Å². The van der Waals surface area contributed by atoms with Crippen LogP contribution in [0, 0.1) is 0 Å². The van der Waals surface area contributed by atoms with Crippen molar-refractivity contribution in [2.75, 3.05) is 13.2 Å². The molecule has 0 amide bonds. The fourth-order valence-corrected chi connectivity index (χ4v) is 6.65. The zero-order valence-corrected chi connectivity index (χ0v) is 32.2. The van der Waals surface area contributed by atoms with Gasteiger partial charge in [-0.1, -0.05) is 143 Å². The summed E-state index contributed by atoms with van der Waals surface area (Å²) in [4.78, 5) is 10.3. The van der Waals surface area contributed by atoms with Crippen molar-refractivity contribution in [2.45, 2.75) is 72.4 Å². The van der Waals surface area contributed by atoms with Gasteiger partial charge in [0.25, 0.3) is 0 Å². The molecule has 47 heavy (non-hydrogen) atoms. The fraction of sp³-hybridized carbons (Fsp3) is 0.325. The van der Waals surface area contributed by atoms with Gasteiger partial charge in [0.05, 0.1) is 19.4 Å². The van der Waals surface area contributed by atoms with Crippen molar-refractivity contribution in [3.63, 3.8) is 0 Å². The van der Waals surface area contributed by atoms with Crippen molar-refractivity contribution in [2.24, 2.45) is 0 Å². The summed E-state index contributed by atoms with van der Waals surface area (Å²) >= 11 is 6.80. The van der Waals surface area contributed by atoms with Crippen LogP contribution in [0.25, 0.3) is 12.2 Å². The van der Waals surface area contributed by atoms with Gasteiger partial charge in [0.15, 0.2) is 0 Å². The molecule has 0 aliphatic carbocycles. The minimum absolute atomic E-state index is 0.321. The quantitative estimate of drug-likeness (QED) is 0.0684. The van der Waals surface area contributed by atoms with E-state index < -0.39 is 7.60 Å². The first-order valence-electron chi connectivity index (χ1n) is 16.4. The number of rotatable bonds is 15. The molecule has 0 bridgehead atoms. The van der Waals surface area contributed by atoms with Crippen molar-refractivity contribution in [3.8, 4) is 0 Å². The topological polar surface area (TPSA) is 52.6 Å². The first kappa shape index (κ1) is 40.6. The number of halogens is 2. The van der Waals surface area contributed by atoms with Gasteiger partial charge in [-0.2, -0.15) is 0 Å². The van der Waals surface area contributed by atoms with Crippen LogP contribution in [-0.2, 0) is 32.6 Å². The van der Waals surface area contributed by atoms with E-state index in [1.54, 1.807) is 0 Å². The average molecular weight is 785 g/mol. The highest BCUT2D eigenvalue weighted by Crippen LogP contribution is 2.51. The van der Waals surface area contributed by atoms with E-state index >= 15 is 0 Å². The van der Waals surface area contributed by atoms with E-state index in [1.165, 1.54) is 54.4 Å². The molecule has 4 aromatic carbocycles. The highest BCUT2D eigenvalue weighted by molar-refractivity contribution is 9.10. The van der Waals surface area contributed by atoms with Gasteiger partial charge in [-0.25, -0.2) is 0 Å². The maximum absolute atomic E-state index is 12.2. The molecule has 0 atom stereocenters. The van der Waals surface area contributed by atoms with Crippen molar-refractivity contribution >= 4 is 57.9 Å². The fourth-order valence-electron chi connectivity index (χ4n) is 4.42. The maximum Gasteiger partial charge on any atom is 0.335 e. The van der Waals surface area contributed by atoms with Crippen LogP contribution < -0.4 is 0 Å². The third-order valence-corrected chi connectivity index (χ3v) is 10.1. The van der Waals surface area contributed by atoms with Crippen LogP contribution in [0.15, 0.2) is 106 Å². The Kier molecular flexibility index (Phi) is 20.4. The van der Waals surface area contributed by atoms with E-state index in [2.05, 4.69) is 106 Å². The van der Waals surface area contributed by atoms with Crippen LogP contribution in [0.2, 0.25) is 0 Å². The average Bonchev–Trinajstić information content (AvgIpc) is 3.08. The summed E-state index contributed by atoms with van der Waals surface area (Å²) in [5.74, 6) is 0. The lowest BCUT2D eigenvalue weighted by Gasteiger charge is -2.16. The summed E-state index contributed by atoms with van der Waals surface area (Å²) in [6.45, 7) is 8.83. The molecule has 0 N–H and O–H groups in total. The van der Waals surface area contributed by atoms with Crippen LogP contribution in [0.3, 0.4) is 0 Å². The van der Waals surface area contributed by atoms with E-state index in [9.17, 15) is 9.36 Å². The highest BCUT2D eigenvalue weighted by atomic mass is 79.9. The van der Waals surface area contributed by atoms with Crippen LogP contribution in [0.5, 0.6) is 0 Å². The number of hydrogen-bond donors (Lipinski definition) is 0. The molecule has 0 unspecified atom stereocenters. The van der Waals surface area contributed by atoms with Crippen molar-refractivity contribution in [3.05, 3.63) is 139 Å². The molecular formula is C40H49Br2O4P.